The monoisotopic (exact) mass is 534 g/mol. The van der Waals surface area contributed by atoms with Gasteiger partial charge in [-0.3, -0.25) is 9.69 Å². The van der Waals surface area contributed by atoms with E-state index in [0.29, 0.717) is 6.54 Å². The molecular weight excluding hydrogens is 504 g/mol. The van der Waals surface area contributed by atoms with E-state index in [0.717, 1.165) is 69.7 Å². The molecule has 1 aliphatic heterocycles. The van der Waals surface area contributed by atoms with Crippen molar-refractivity contribution in [1.82, 2.24) is 9.88 Å². The maximum Gasteiger partial charge on any atom is 0.280 e. The number of hydrogen-bond donors (Lipinski definition) is 3. The van der Waals surface area contributed by atoms with Gasteiger partial charge in [0.05, 0.1) is 15.2 Å². The van der Waals surface area contributed by atoms with Gasteiger partial charge < -0.3 is 20.1 Å². The second-order valence-corrected chi connectivity index (χ2v) is 10.8. The van der Waals surface area contributed by atoms with Crippen LogP contribution in [0.15, 0.2) is 66.7 Å². The highest BCUT2D eigenvalue weighted by Gasteiger charge is 2.21. The van der Waals surface area contributed by atoms with Crippen LogP contribution >= 0.6 is 24.0 Å². The van der Waals surface area contributed by atoms with Crippen molar-refractivity contribution in [2.24, 2.45) is 0 Å². The Kier molecular flexibility index (Phi) is 7.95. The molecule has 2 N–H and O–H groups in total. The number of anilines is 2. The maximum absolute atomic E-state index is 11.6. The van der Waals surface area contributed by atoms with E-state index in [1.807, 2.05) is 67.6 Å². The SMILES string of the molecule is Cc1nc2cc(OC[C@H](O)CN3CCN(c4ccc(NC(=O)S)c(-c5ccccc5)c4)CC3)ccc2s1. The van der Waals surface area contributed by atoms with Crippen molar-refractivity contribution in [3.05, 3.63) is 71.7 Å². The van der Waals surface area contributed by atoms with Crippen molar-refractivity contribution in [2.45, 2.75) is 13.0 Å². The lowest BCUT2D eigenvalue weighted by Gasteiger charge is -2.37. The zero-order valence-electron chi connectivity index (χ0n) is 20.6. The van der Waals surface area contributed by atoms with E-state index in [4.69, 9.17) is 4.74 Å². The molecule has 3 aromatic carbocycles. The average molecular weight is 535 g/mol. The highest BCUT2D eigenvalue weighted by molar-refractivity contribution is 7.96. The van der Waals surface area contributed by atoms with Crippen LogP contribution in [0.3, 0.4) is 0 Å². The van der Waals surface area contributed by atoms with Gasteiger partial charge in [-0.25, -0.2) is 4.98 Å². The number of amides is 1. The smallest absolute Gasteiger partial charge is 0.280 e. The third kappa shape index (κ3) is 6.42. The predicted octanol–water partition coefficient (Wildman–Crippen LogP) is 5.30. The Bertz CT molecular complexity index is 1370. The number of thiol groups is 1. The molecule has 1 aliphatic rings. The van der Waals surface area contributed by atoms with Crippen molar-refractivity contribution >= 4 is 50.8 Å². The van der Waals surface area contributed by atoms with Crippen LogP contribution in [0.1, 0.15) is 5.01 Å². The van der Waals surface area contributed by atoms with Crippen LogP contribution in [-0.2, 0) is 0 Å². The molecule has 0 radical (unpaired) electrons. The molecule has 9 heteroatoms. The number of hydrogen-bond acceptors (Lipinski definition) is 7. The minimum absolute atomic E-state index is 0.244. The number of aromatic nitrogens is 1. The summed E-state index contributed by atoms with van der Waals surface area (Å²) in [5, 5.41) is 14.1. The second kappa shape index (κ2) is 11.5. The molecule has 1 atom stereocenters. The van der Waals surface area contributed by atoms with Gasteiger partial charge in [-0.05, 0) is 42.8 Å². The summed E-state index contributed by atoms with van der Waals surface area (Å²) in [6.45, 7) is 6.18. The number of carbonyl (C=O) groups excluding carboxylic acids is 1. The molecule has 1 saturated heterocycles. The number of β-amino-alcohol motifs (C(OH)–C–C–N with tert-alkyl or cyclic N) is 1. The van der Waals surface area contributed by atoms with Gasteiger partial charge in [-0.1, -0.05) is 43.0 Å². The molecule has 4 aromatic rings. The number of thiazole rings is 1. The van der Waals surface area contributed by atoms with E-state index >= 15 is 0 Å². The van der Waals surface area contributed by atoms with Gasteiger partial charge in [0.2, 0.25) is 0 Å². The van der Waals surface area contributed by atoms with Crippen molar-refractivity contribution in [3.8, 4) is 16.9 Å². The van der Waals surface area contributed by atoms with Gasteiger partial charge in [-0.15, -0.1) is 11.3 Å². The molecular formula is C28H30N4O3S2. The summed E-state index contributed by atoms with van der Waals surface area (Å²) >= 11 is 5.55. The molecule has 0 aliphatic carbocycles. The first-order valence-corrected chi connectivity index (χ1v) is 13.6. The molecule has 1 amide bonds. The van der Waals surface area contributed by atoms with Gasteiger partial charge in [0.15, 0.2) is 0 Å². The number of benzene rings is 3. The molecule has 0 saturated carbocycles. The van der Waals surface area contributed by atoms with Crippen molar-refractivity contribution in [1.29, 1.82) is 0 Å². The number of ether oxygens (including phenoxy) is 1. The first-order valence-electron chi connectivity index (χ1n) is 12.3. The number of aliphatic hydroxyl groups is 1. The summed E-state index contributed by atoms with van der Waals surface area (Å²) in [5.41, 5.74) is 4.77. The van der Waals surface area contributed by atoms with Gasteiger partial charge in [0.25, 0.3) is 5.24 Å². The lowest BCUT2D eigenvalue weighted by Crippen LogP contribution is -2.49. The van der Waals surface area contributed by atoms with Crippen molar-refractivity contribution in [2.75, 3.05) is 49.5 Å². The number of nitrogens with zero attached hydrogens (tertiary/aromatic N) is 3. The Morgan fingerprint density at radius 2 is 1.89 bits per heavy atom. The fourth-order valence-electron chi connectivity index (χ4n) is 4.65. The van der Waals surface area contributed by atoms with Crippen LogP contribution in [0.5, 0.6) is 5.75 Å². The molecule has 37 heavy (non-hydrogen) atoms. The van der Waals surface area contributed by atoms with Crippen LogP contribution in [-0.4, -0.2) is 65.7 Å². The minimum Gasteiger partial charge on any atom is -0.491 e. The summed E-state index contributed by atoms with van der Waals surface area (Å²) in [6, 6.07) is 22.0. The number of aryl methyl sites for hydroxylation is 1. The third-order valence-electron chi connectivity index (χ3n) is 6.44. The van der Waals surface area contributed by atoms with E-state index in [1.165, 1.54) is 0 Å². The molecule has 1 fully saturated rings. The summed E-state index contributed by atoms with van der Waals surface area (Å²) < 4.78 is 6.99. The average Bonchev–Trinajstić information content (AvgIpc) is 3.28. The standard InChI is InChI=1S/C28H30N4O3S2/c1-19-29-26-16-23(8-10-27(26)37-19)35-18-22(33)17-31-11-13-32(14-12-31)21-7-9-25(30-28(34)36)24(15-21)20-5-3-2-4-6-20/h2-10,15-16,22,33H,11-14,17-18H2,1H3,(H2,30,34,36)/t22-/m1/s1. The van der Waals surface area contributed by atoms with Gasteiger partial charge >= 0.3 is 0 Å². The number of carbonyl (C=O) groups is 1. The Labute approximate surface area is 226 Å². The topological polar surface area (TPSA) is 77.9 Å². The van der Waals surface area contributed by atoms with Gasteiger partial charge in [-0.2, -0.15) is 0 Å². The minimum atomic E-state index is -0.576. The number of nitrogens with one attached hydrogen (secondary N) is 1. The largest absolute Gasteiger partial charge is 0.491 e. The van der Waals surface area contributed by atoms with Crippen molar-refractivity contribution in [3.63, 3.8) is 0 Å². The van der Waals surface area contributed by atoms with Crippen molar-refractivity contribution < 1.29 is 14.6 Å². The van der Waals surface area contributed by atoms with Crippen LogP contribution < -0.4 is 15.0 Å². The lowest BCUT2D eigenvalue weighted by molar-refractivity contribution is 0.0663. The molecule has 7 nitrogen and oxygen atoms in total. The fourth-order valence-corrected chi connectivity index (χ4v) is 5.58. The molecule has 1 aromatic heterocycles. The van der Waals surface area contributed by atoms with E-state index in [-0.39, 0.29) is 11.8 Å². The summed E-state index contributed by atoms with van der Waals surface area (Å²) in [5.74, 6) is 0.730. The highest BCUT2D eigenvalue weighted by atomic mass is 32.1. The maximum atomic E-state index is 11.6. The van der Waals surface area contributed by atoms with Crippen LogP contribution in [0.2, 0.25) is 0 Å². The van der Waals surface area contributed by atoms with E-state index in [9.17, 15) is 9.90 Å². The molecule has 2 heterocycles. The van der Waals surface area contributed by atoms with E-state index in [2.05, 4.69) is 38.8 Å². The molecule has 0 spiro atoms. The Morgan fingerprint density at radius 1 is 1.11 bits per heavy atom. The predicted molar refractivity (Wildman–Crippen MR) is 154 cm³/mol. The normalized spacial score (nSPS) is 15.1. The number of rotatable bonds is 8. The lowest BCUT2D eigenvalue weighted by atomic mass is 10.0. The van der Waals surface area contributed by atoms with Crippen LogP contribution in [0, 0.1) is 6.92 Å². The summed E-state index contributed by atoms with van der Waals surface area (Å²) in [7, 11) is 0. The van der Waals surface area contributed by atoms with Gasteiger partial charge in [0.1, 0.15) is 18.5 Å². The molecule has 0 unspecified atom stereocenters. The van der Waals surface area contributed by atoms with Crippen LogP contribution in [0.25, 0.3) is 21.3 Å². The van der Waals surface area contributed by atoms with Crippen LogP contribution in [0.4, 0.5) is 16.2 Å². The fraction of sp³-hybridized carbons (Fsp3) is 0.286. The molecule has 192 valence electrons. The molecule has 5 rings (SSSR count). The highest BCUT2D eigenvalue weighted by Crippen LogP contribution is 2.33. The quantitative estimate of drug-likeness (QED) is 0.267. The first-order chi connectivity index (χ1) is 17.9. The second-order valence-electron chi connectivity index (χ2n) is 9.14. The zero-order valence-corrected chi connectivity index (χ0v) is 22.3. The Balaban J connectivity index is 1.16. The first kappa shape index (κ1) is 25.5. The zero-order chi connectivity index (χ0) is 25.8. The number of piperazine rings is 1. The Hall–Kier alpha value is -3.11. The molecule has 0 bridgehead atoms. The summed E-state index contributed by atoms with van der Waals surface area (Å²) in [6.07, 6.45) is -0.576. The van der Waals surface area contributed by atoms with E-state index < -0.39 is 6.10 Å². The Morgan fingerprint density at radius 3 is 2.65 bits per heavy atom. The van der Waals surface area contributed by atoms with E-state index in [1.54, 1.807) is 11.3 Å². The van der Waals surface area contributed by atoms with Gasteiger partial charge in [0, 0.05) is 55.7 Å². The number of fused-ring (bicyclic) bond motifs is 1. The number of aliphatic hydroxyl groups excluding tert-OH is 1. The summed E-state index contributed by atoms with van der Waals surface area (Å²) in [4.78, 5) is 20.7. The third-order valence-corrected chi connectivity index (χ3v) is 7.51.